The van der Waals surface area contributed by atoms with Crippen molar-refractivity contribution in [3.05, 3.63) is 37.0 Å². The van der Waals surface area contributed by atoms with Crippen LogP contribution in [-0.4, -0.2) is 17.6 Å². The summed E-state index contributed by atoms with van der Waals surface area (Å²) in [5.41, 5.74) is 3.75. The van der Waals surface area contributed by atoms with E-state index in [1.165, 1.54) is 9.75 Å². The van der Waals surface area contributed by atoms with E-state index in [4.69, 9.17) is 4.74 Å². The molecule has 0 spiro atoms. The Morgan fingerprint density at radius 1 is 1.20 bits per heavy atom. The quantitative estimate of drug-likeness (QED) is 0.790. The molecule has 20 heavy (non-hydrogen) atoms. The van der Waals surface area contributed by atoms with Gasteiger partial charge in [0.05, 0.1) is 21.2 Å². The van der Waals surface area contributed by atoms with Crippen molar-refractivity contribution in [2.24, 2.45) is 0 Å². The molecule has 0 unspecified atom stereocenters. The Kier molecular flexibility index (Phi) is 3.26. The third-order valence-corrected chi connectivity index (χ3v) is 5.41. The van der Waals surface area contributed by atoms with Gasteiger partial charge in [0, 0.05) is 15.3 Å². The Morgan fingerprint density at radius 3 is 2.50 bits per heavy atom. The van der Waals surface area contributed by atoms with Crippen LogP contribution in [0, 0.1) is 27.7 Å². The molecular weight excluding hydrogens is 290 g/mol. The largest absolute Gasteiger partial charge is 0.457 e. The number of thiophene rings is 1. The normalized spacial score (nSPS) is 15.1. The first-order valence-electron chi connectivity index (χ1n) is 6.39. The van der Waals surface area contributed by atoms with Crippen LogP contribution < -0.4 is 0 Å². The van der Waals surface area contributed by atoms with Gasteiger partial charge < -0.3 is 4.74 Å². The Bertz CT molecular complexity index is 737. The second kappa shape index (κ2) is 4.82. The summed E-state index contributed by atoms with van der Waals surface area (Å²) < 4.78 is 5.29. The fourth-order valence-electron chi connectivity index (χ4n) is 2.54. The van der Waals surface area contributed by atoms with Crippen molar-refractivity contribution in [3.63, 3.8) is 0 Å². The zero-order valence-electron chi connectivity index (χ0n) is 11.9. The highest BCUT2D eigenvalue weighted by Crippen LogP contribution is 2.39. The maximum Gasteiger partial charge on any atom is 0.340 e. The maximum atomic E-state index is 12.1. The fourth-order valence-corrected chi connectivity index (χ4v) is 4.47. The average Bonchev–Trinajstić information content (AvgIpc) is 2.98. The molecule has 0 N–H and O–H groups in total. The van der Waals surface area contributed by atoms with E-state index >= 15 is 0 Å². The van der Waals surface area contributed by atoms with Gasteiger partial charge in [-0.3, -0.25) is 0 Å². The molecule has 3 heterocycles. The number of rotatable bonds is 2. The van der Waals surface area contributed by atoms with Crippen molar-refractivity contribution in [1.82, 2.24) is 4.98 Å². The molecule has 104 valence electrons. The molecule has 2 aromatic heterocycles. The summed E-state index contributed by atoms with van der Waals surface area (Å²) in [6, 6.07) is 2.14. The second-order valence-corrected chi connectivity index (χ2v) is 7.57. The van der Waals surface area contributed by atoms with E-state index in [1.54, 1.807) is 22.7 Å². The van der Waals surface area contributed by atoms with Crippen molar-refractivity contribution < 1.29 is 9.53 Å². The monoisotopic (exact) mass is 305 g/mol. The first-order valence-corrected chi connectivity index (χ1v) is 8.02. The number of esters is 1. The van der Waals surface area contributed by atoms with Gasteiger partial charge in [0.1, 0.15) is 6.61 Å². The molecule has 0 amide bonds. The lowest BCUT2D eigenvalue weighted by Gasteiger charge is -2.02. The van der Waals surface area contributed by atoms with Crippen molar-refractivity contribution in [2.45, 2.75) is 27.7 Å². The van der Waals surface area contributed by atoms with Gasteiger partial charge in [-0.1, -0.05) is 0 Å². The molecule has 0 aliphatic carbocycles. The lowest BCUT2D eigenvalue weighted by molar-refractivity contribution is -0.133. The first kappa shape index (κ1) is 13.5. The van der Waals surface area contributed by atoms with Crippen LogP contribution in [0.3, 0.4) is 0 Å². The van der Waals surface area contributed by atoms with Crippen LogP contribution in [0.5, 0.6) is 0 Å². The van der Waals surface area contributed by atoms with Crippen LogP contribution in [0.2, 0.25) is 0 Å². The maximum absolute atomic E-state index is 12.1. The minimum atomic E-state index is -0.227. The van der Waals surface area contributed by atoms with Crippen LogP contribution in [-0.2, 0) is 9.53 Å². The summed E-state index contributed by atoms with van der Waals surface area (Å²) in [6.45, 7) is 8.44. The van der Waals surface area contributed by atoms with Crippen LogP contribution in [0.15, 0.2) is 6.07 Å². The molecule has 0 bridgehead atoms. The van der Waals surface area contributed by atoms with E-state index in [9.17, 15) is 4.79 Å². The van der Waals surface area contributed by atoms with Crippen molar-refractivity contribution in [1.29, 1.82) is 0 Å². The molecule has 3 nitrogen and oxygen atoms in total. The van der Waals surface area contributed by atoms with Gasteiger partial charge in [-0.25, -0.2) is 9.78 Å². The molecule has 3 rings (SSSR count). The summed E-state index contributed by atoms with van der Waals surface area (Å²) in [6.07, 6.45) is 0. The number of carbonyl (C=O) groups excluding carboxylic acids is 1. The third kappa shape index (κ3) is 2.11. The first-order chi connectivity index (χ1) is 9.47. The topological polar surface area (TPSA) is 39.2 Å². The smallest absolute Gasteiger partial charge is 0.340 e. The van der Waals surface area contributed by atoms with E-state index in [0.29, 0.717) is 12.2 Å². The third-order valence-electron chi connectivity index (χ3n) is 3.35. The van der Waals surface area contributed by atoms with E-state index in [2.05, 4.69) is 24.9 Å². The van der Waals surface area contributed by atoms with Crippen LogP contribution in [0.25, 0.3) is 11.1 Å². The van der Waals surface area contributed by atoms with Crippen LogP contribution in [0.4, 0.5) is 0 Å². The highest BCUT2D eigenvalue weighted by Gasteiger charge is 2.31. The zero-order valence-corrected chi connectivity index (χ0v) is 13.5. The molecule has 5 heteroatoms. The van der Waals surface area contributed by atoms with Crippen LogP contribution in [0.1, 0.15) is 30.9 Å². The summed E-state index contributed by atoms with van der Waals surface area (Å²) >= 11 is 3.31. The number of ether oxygens (including phenoxy) is 1. The molecule has 1 aliphatic rings. The van der Waals surface area contributed by atoms with E-state index in [0.717, 1.165) is 26.7 Å². The number of hydrogen-bond acceptors (Lipinski definition) is 5. The van der Waals surface area contributed by atoms with Crippen LogP contribution >= 0.6 is 22.7 Å². The van der Waals surface area contributed by atoms with Gasteiger partial charge in [-0.15, -0.1) is 22.7 Å². The standard InChI is InChI=1S/C15H15NO2S2/c1-7-5-11(9(3)19-7)12-6-18-15(17)13(12)14-8(2)16-10(4)20-14/h5H,6H2,1-4H3. The molecule has 0 atom stereocenters. The van der Waals surface area contributed by atoms with E-state index in [-0.39, 0.29) is 5.97 Å². The number of thiazole rings is 1. The molecule has 0 aromatic carbocycles. The Labute approximate surface area is 125 Å². The lowest BCUT2D eigenvalue weighted by atomic mass is 10.0. The number of carbonyl (C=O) groups is 1. The minimum absolute atomic E-state index is 0.227. The van der Waals surface area contributed by atoms with Crippen molar-refractivity contribution >= 4 is 39.8 Å². The molecular formula is C15H15NO2S2. The average molecular weight is 305 g/mol. The van der Waals surface area contributed by atoms with Gasteiger partial charge in [0.25, 0.3) is 0 Å². The number of nitrogens with zero attached hydrogens (tertiary/aromatic N) is 1. The summed E-state index contributed by atoms with van der Waals surface area (Å²) in [5, 5.41) is 0.974. The van der Waals surface area contributed by atoms with E-state index in [1.807, 2.05) is 13.8 Å². The van der Waals surface area contributed by atoms with Gasteiger partial charge in [0.2, 0.25) is 0 Å². The number of aromatic nitrogens is 1. The predicted octanol–water partition coefficient (Wildman–Crippen LogP) is 3.91. The lowest BCUT2D eigenvalue weighted by Crippen LogP contribution is -1.98. The van der Waals surface area contributed by atoms with Crippen molar-refractivity contribution in [3.8, 4) is 0 Å². The molecule has 0 saturated heterocycles. The van der Waals surface area contributed by atoms with Gasteiger partial charge in [-0.05, 0) is 39.3 Å². The van der Waals surface area contributed by atoms with E-state index < -0.39 is 0 Å². The Hall–Kier alpha value is -1.46. The predicted molar refractivity (Wildman–Crippen MR) is 83.2 cm³/mol. The fraction of sp³-hybridized carbons (Fsp3) is 0.333. The van der Waals surface area contributed by atoms with Crippen molar-refractivity contribution in [2.75, 3.05) is 6.61 Å². The Balaban J connectivity index is 2.22. The minimum Gasteiger partial charge on any atom is -0.457 e. The highest BCUT2D eigenvalue weighted by atomic mass is 32.1. The zero-order chi connectivity index (χ0) is 14.4. The number of aryl methyl sites for hydroxylation is 4. The molecule has 0 radical (unpaired) electrons. The number of cyclic esters (lactones) is 1. The number of hydrogen-bond donors (Lipinski definition) is 0. The second-order valence-electron chi connectivity index (χ2n) is 4.90. The molecule has 1 aliphatic heterocycles. The summed E-state index contributed by atoms with van der Waals surface area (Å²) in [7, 11) is 0. The SMILES string of the molecule is Cc1cc(C2=C(c3sc(C)nc3C)C(=O)OC2)c(C)s1. The van der Waals surface area contributed by atoms with Gasteiger partial charge in [-0.2, -0.15) is 0 Å². The molecule has 0 fully saturated rings. The van der Waals surface area contributed by atoms with Gasteiger partial charge in [0.15, 0.2) is 0 Å². The Morgan fingerprint density at radius 2 is 1.95 bits per heavy atom. The summed E-state index contributed by atoms with van der Waals surface area (Å²) in [5.74, 6) is -0.227. The highest BCUT2D eigenvalue weighted by molar-refractivity contribution is 7.13. The molecule has 0 saturated carbocycles. The van der Waals surface area contributed by atoms with Gasteiger partial charge >= 0.3 is 5.97 Å². The molecule has 2 aromatic rings. The summed E-state index contributed by atoms with van der Waals surface area (Å²) in [4.78, 5) is 20.0.